The van der Waals surface area contributed by atoms with Crippen LogP contribution < -0.4 is 16.0 Å². The Morgan fingerprint density at radius 3 is 2.63 bits per heavy atom. The number of nitrogens with two attached hydrogens (primary N) is 1. The van der Waals surface area contributed by atoms with Crippen molar-refractivity contribution < 1.29 is 9.13 Å². The molecule has 19 heavy (non-hydrogen) atoms. The first-order valence-corrected chi connectivity index (χ1v) is 6.32. The first-order valence-electron chi connectivity index (χ1n) is 5.50. The molecular formula is C11H12FN5OS. The summed E-state index contributed by atoms with van der Waals surface area (Å²) in [6.45, 7) is 2.26. The van der Waals surface area contributed by atoms with Crippen molar-refractivity contribution in [3.05, 3.63) is 30.1 Å². The third-order valence-electron chi connectivity index (χ3n) is 2.02. The third kappa shape index (κ3) is 3.76. The van der Waals surface area contributed by atoms with Crippen LogP contribution in [0.4, 0.5) is 10.3 Å². The van der Waals surface area contributed by atoms with E-state index in [1.165, 1.54) is 23.9 Å². The molecule has 0 aliphatic rings. The summed E-state index contributed by atoms with van der Waals surface area (Å²) in [5.41, 5.74) is 2.35. The van der Waals surface area contributed by atoms with E-state index in [9.17, 15) is 4.39 Å². The van der Waals surface area contributed by atoms with E-state index in [4.69, 9.17) is 10.6 Å². The first kappa shape index (κ1) is 13.5. The van der Waals surface area contributed by atoms with E-state index in [0.717, 1.165) is 4.90 Å². The third-order valence-corrected chi connectivity index (χ3v) is 2.89. The van der Waals surface area contributed by atoms with Crippen LogP contribution in [0.25, 0.3) is 0 Å². The first-order chi connectivity index (χ1) is 9.21. The Hall–Kier alpha value is -1.93. The molecule has 6 nitrogen and oxygen atoms in total. The SMILES string of the molecule is CCOc1nc(NN)nc(Sc2ccc(F)cc2)n1. The molecule has 0 amide bonds. The molecule has 100 valence electrons. The summed E-state index contributed by atoms with van der Waals surface area (Å²) in [4.78, 5) is 12.9. The second-order valence-corrected chi connectivity index (χ2v) is 4.40. The van der Waals surface area contributed by atoms with E-state index in [1.807, 2.05) is 6.92 Å². The van der Waals surface area contributed by atoms with Crippen LogP contribution in [-0.2, 0) is 0 Å². The number of hydrogen-bond donors (Lipinski definition) is 2. The quantitative estimate of drug-likeness (QED) is 0.639. The van der Waals surface area contributed by atoms with Gasteiger partial charge in [-0.2, -0.15) is 15.0 Å². The number of hydrazine groups is 1. The summed E-state index contributed by atoms with van der Waals surface area (Å²) in [7, 11) is 0. The fourth-order valence-corrected chi connectivity index (χ4v) is 1.99. The Balaban J connectivity index is 2.23. The monoisotopic (exact) mass is 281 g/mol. The minimum atomic E-state index is -0.292. The van der Waals surface area contributed by atoms with E-state index in [1.54, 1.807) is 12.1 Å². The molecule has 0 bridgehead atoms. The molecule has 2 aromatic rings. The summed E-state index contributed by atoms with van der Waals surface area (Å²) >= 11 is 1.26. The zero-order chi connectivity index (χ0) is 13.7. The number of nitrogen functional groups attached to an aromatic ring is 1. The molecule has 2 rings (SSSR count). The zero-order valence-corrected chi connectivity index (χ0v) is 10.9. The Morgan fingerprint density at radius 1 is 1.26 bits per heavy atom. The number of halogens is 1. The smallest absolute Gasteiger partial charge is 0.322 e. The number of aromatic nitrogens is 3. The summed E-state index contributed by atoms with van der Waals surface area (Å²) < 4.78 is 18.0. The molecule has 1 aromatic heterocycles. The van der Waals surface area contributed by atoms with Crippen molar-refractivity contribution in [1.82, 2.24) is 15.0 Å². The topological polar surface area (TPSA) is 86.0 Å². The minimum Gasteiger partial charge on any atom is -0.464 e. The normalized spacial score (nSPS) is 10.3. The standard InChI is InChI=1S/C11H12FN5OS/c1-2-18-10-14-9(17-13)15-11(16-10)19-8-5-3-7(12)4-6-8/h3-6H,2,13H2,1H3,(H,14,15,16,17). The van der Waals surface area contributed by atoms with Crippen LogP contribution in [0, 0.1) is 5.82 Å². The van der Waals surface area contributed by atoms with Crippen molar-refractivity contribution in [3.8, 4) is 6.01 Å². The van der Waals surface area contributed by atoms with Crippen LogP contribution in [0.15, 0.2) is 34.3 Å². The van der Waals surface area contributed by atoms with E-state index in [-0.39, 0.29) is 17.8 Å². The molecule has 0 aliphatic carbocycles. The summed E-state index contributed by atoms with van der Waals surface area (Å²) in [6.07, 6.45) is 0. The lowest BCUT2D eigenvalue weighted by Gasteiger charge is -2.06. The highest BCUT2D eigenvalue weighted by molar-refractivity contribution is 7.99. The maximum atomic E-state index is 12.8. The summed E-state index contributed by atoms with van der Waals surface area (Å²) in [6, 6.07) is 6.21. The second kappa shape index (κ2) is 6.30. The molecular weight excluding hydrogens is 269 g/mol. The van der Waals surface area contributed by atoms with Gasteiger partial charge in [0.2, 0.25) is 11.1 Å². The molecule has 0 atom stereocenters. The van der Waals surface area contributed by atoms with Gasteiger partial charge in [-0.25, -0.2) is 10.2 Å². The largest absolute Gasteiger partial charge is 0.464 e. The fourth-order valence-electron chi connectivity index (χ4n) is 1.25. The minimum absolute atomic E-state index is 0.190. The number of ether oxygens (including phenoxy) is 1. The van der Waals surface area contributed by atoms with Crippen molar-refractivity contribution in [2.75, 3.05) is 12.0 Å². The van der Waals surface area contributed by atoms with Gasteiger partial charge in [0.15, 0.2) is 0 Å². The van der Waals surface area contributed by atoms with Gasteiger partial charge >= 0.3 is 6.01 Å². The summed E-state index contributed by atoms with van der Waals surface area (Å²) in [5, 5.41) is 0.415. The van der Waals surface area contributed by atoms with Crippen molar-refractivity contribution >= 4 is 17.7 Å². The number of nitrogens with one attached hydrogen (secondary N) is 1. The Bertz CT molecular complexity index is 551. The molecule has 0 saturated heterocycles. The van der Waals surface area contributed by atoms with Crippen LogP contribution in [0.3, 0.4) is 0 Å². The van der Waals surface area contributed by atoms with E-state index >= 15 is 0 Å². The molecule has 0 saturated carbocycles. The van der Waals surface area contributed by atoms with Crippen LogP contribution in [0.2, 0.25) is 0 Å². The molecule has 3 N–H and O–H groups in total. The Morgan fingerprint density at radius 2 is 2.00 bits per heavy atom. The Kier molecular flexibility index (Phi) is 4.48. The number of rotatable bonds is 5. The predicted octanol–water partition coefficient (Wildman–Crippen LogP) is 1.85. The predicted molar refractivity (Wildman–Crippen MR) is 69.3 cm³/mol. The molecule has 0 radical (unpaired) electrons. The zero-order valence-electron chi connectivity index (χ0n) is 10.1. The molecule has 0 fully saturated rings. The fraction of sp³-hybridized carbons (Fsp3) is 0.182. The highest BCUT2D eigenvalue weighted by Gasteiger charge is 2.08. The van der Waals surface area contributed by atoms with Gasteiger partial charge in [-0.3, -0.25) is 5.43 Å². The molecule has 8 heteroatoms. The number of benzene rings is 1. The summed E-state index contributed by atoms with van der Waals surface area (Å²) in [5.74, 6) is 5.20. The highest BCUT2D eigenvalue weighted by atomic mass is 32.2. The molecule has 1 aromatic carbocycles. The van der Waals surface area contributed by atoms with E-state index in [2.05, 4.69) is 20.4 Å². The van der Waals surface area contributed by atoms with Crippen LogP contribution in [0.5, 0.6) is 6.01 Å². The molecule has 0 aliphatic heterocycles. The van der Waals surface area contributed by atoms with Gasteiger partial charge in [-0.1, -0.05) is 0 Å². The van der Waals surface area contributed by atoms with Gasteiger partial charge in [-0.15, -0.1) is 0 Å². The van der Waals surface area contributed by atoms with Crippen LogP contribution in [-0.4, -0.2) is 21.6 Å². The highest BCUT2D eigenvalue weighted by Crippen LogP contribution is 2.26. The van der Waals surface area contributed by atoms with Gasteiger partial charge in [0, 0.05) is 4.90 Å². The number of anilines is 1. The lowest BCUT2D eigenvalue weighted by Crippen LogP contribution is -2.12. The van der Waals surface area contributed by atoms with Crippen molar-refractivity contribution in [2.45, 2.75) is 17.0 Å². The average Bonchev–Trinajstić information content (AvgIpc) is 2.41. The van der Waals surface area contributed by atoms with Gasteiger partial charge in [0.1, 0.15) is 5.82 Å². The lowest BCUT2D eigenvalue weighted by molar-refractivity contribution is 0.308. The van der Waals surface area contributed by atoms with E-state index < -0.39 is 0 Å². The van der Waals surface area contributed by atoms with Gasteiger partial charge in [0.25, 0.3) is 0 Å². The van der Waals surface area contributed by atoms with Crippen molar-refractivity contribution in [2.24, 2.45) is 5.84 Å². The molecule has 1 heterocycles. The maximum absolute atomic E-state index is 12.8. The molecule has 0 spiro atoms. The number of hydrogen-bond acceptors (Lipinski definition) is 7. The average molecular weight is 281 g/mol. The van der Waals surface area contributed by atoms with Crippen LogP contribution >= 0.6 is 11.8 Å². The Labute approximate surface area is 113 Å². The lowest BCUT2D eigenvalue weighted by atomic mass is 10.4. The van der Waals surface area contributed by atoms with Gasteiger partial charge in [0.05, 0.1) is 6.61 Å². The second-order valence-electron chi connectivity index (χ2n) is 3.36. The van der Waals surface area contributed by atoms with Gasteiger partial charge in [-0.05, 0) is 43.0 Å². The van der Waals surface area contributed by atoms with Crippen molar-refractivity contribution in [1.29, 1.82) is 0 Å². The molecule has 0 unspecified atom stereocenters. The van der Waals surface area contributed by atoms with Gasteiger partial charge < -0.3 is 4.74 Å². The van der Waals surface area contributed by atoms with Crippen LogP contribution in [0.1, 0.15) is 6.92 Å². The van der Waals surface area contributed by atoms with Crippen molar-refractivity contribution in [3.63, 3.8) is 0 Å². The maximum Gasteiger partial charge on any atom is 0.322 e. The van der Waals surface area contributed by atoms with E-state index in [0.29, 0.717) is 11.8 Å². The number of nitrogens with zero attached hydrogens (tertiary/aromatic N) is 3.